The molecule has 22 heavy (non-hydrogen) atoms. The average Bonchev–Trinajstić information content (AvgIpc) is 2.56. The van der Waals surface area contributed by atoms with Crippen LogP contribution in [0.25, 0.3) is 0 Å². The second kappa shape index (κ2) is 10.6. The van der Waals surface area contributed by atoms with E-state index >= 15 is 0 Å². The number of rotatable bonds is 9. The maximum atomic E-state index is 6.28. The SMILES string of the molecule is CCCCCC1CCC(C2OCCC(CCCCC)O2)CC1. The van der Waals surface area contributed by atoms with E-state index < -0.39 is 0 Å². The van der Waals surface area contributed by atoms with Gasteiger partial charge in [0.15, 0.2) is 6.29 Å². The molecule has 2 atom stereocenters. The Hall–Kier alpha value is -0.0800. The summed E-state index contributed by atoms with van der Waals surface area (Å²) in [5.41, 5.74) is 0. The first kappa shape index (κ1) is 18.3. The second-order valence-electron chi connectivity index (χ2n) is 7.56. The largest absolute Gasteiger partial charge is 0.352 e. The Morgan fingerprint density at radius 2 is 1.45 bits per heavy atom. The fraction of sp³-hybridized carbons (Fsp3) is 1.00. The highest BCUT2D eigenvalue weighted by atomic mass is 16.7. The minimum absolute atomic E-state index is 0.108. The van der Waals surface area contributed by atoms with Gasteiger partial charge in [0, 0.05) is 5.92 Å². The molecule has 0 radical (unpaired) electrons. The number of unbranched alkanes of at least 4 members (excludes halogenated alkanes) is 4. The van der Waals surface area contributed by atoms with E-state index in [0.717, 1.165) is 18.9 Å². The summed E-state index contributed by atoms with van der Waals surface area (Å²) < 4.78 is 12.2. The molecule has 2 rings (SSSR count). The zero-order chi connectivity index (χ0) is 15.6. The van der Waals surface area contributed by atoms with Gasteiger partial charge in [-0.15, -0.1) is 0 Å². The third kappa shape index (κ3) is 6.20. The molecule has 0 aromatic carbocycles. The molecule has 0 bridgehead atoms. The van der Waals surface area contributed by atoms with Gasteiger partial charge >= 0.3 is 0 Å². The second-order valence-corrected chi connectivity index (χ2v) is 7.56. The zero-order valence-corrected chi connectivity index (χ0v) is 15.0. The highest BCUT2D eigenvalue weighted by Gasteiger charge is 2.32. The summed E-state index contributed by atoms with van der Waals surface area (Å²) in [5.74, 6) is 1.64. The lowest BCUT2D eigenvalue weighted by atomic mass is 9.79. The normalized spacial score (nSPS) is 33.0. The molecule has 130 valence electrons. The van der Waals surface area contributed by atoms with E-state index in [4.69, 9.17) is 9.47 Å². The highest BCUT2D eigenvalue weighted by Crippen LogP contribution is 2.36. The highest BCUT2D eigenvalue weighted by molar-refractivity contribution is 4.77. The lowest BCUT2D eigenvalue weighted by Gasteiger charge is -2.38. The quantitative estimate of drug-likeness (QED) is 0.480. The van der Waals surface area contributed by atoms with Crippen molar-refractivity contribution in [2.24, 2.45) is 11.8 Å². The third-order valence-electron chi connectivity index (χ3n) is 5.67. The average molecular weight is 311 g/mol. The van der Waals surface area contributed by atoms with Gasteiger partial charge in [0.2, 0.25) is 0 Å². The van der Waals surface area contributed by atoms with Gasteiger partial charge in [0.25, 0.3) is 0 Å². The van der Waals surface area contributed by atoms with Crippen molar-refractivity contribution in [3.05, 3.63) is 0 Å². The number of hydrogen-bond donors (Lipinski definition) is 0. The maximum Gasteiger partial charge on any atom is 0.160 e. The van der Waals surface area contributed by atoms with Crippen molar-refractivity contribution in [3.8, 4) is 0 Å². The van der Waals surface area contributed by atoms with E-state index in [9.17, 15) is 0 Å². The zero-order valence-electron chi connectivity index (χ0n) is 15.0. The smallest absolute Gasteiger partial charge is 0.160 e. The Balaban J connectivity index is 1.65. The molecule has 2 fully saturated rings. The molecule has 1 heterocycles. The molecule has 2 aliphatic rings. The predicted molar refractivity (Wildman–Crippen MR) is 93.0 cm³/mol. The first-order chi connectivity index (χ1) is 10.8. The number of ether oxygens (including phenoxy) is 2. The summed E-state index contributed by atoms with van der Waals surface area (Å²) >= 11 is 0. The van der Waals surface area contributed by atoms with Gasteiger partial charge in [0.1, 0.15) is 0 Å². The van der Waals surface area contributed by atoms with Crippen LogP contribution < -0.4 is 0 Å². The van der Waals surface area contributed by atoms with Crippen LogP contribution in [0, 0.1) is 11.8 Å². The van der Waals surface area contributed by atoms with Crippen LogP contribution in [-0.2, 0) is 9.47 Å². The Kier molecular flexibility index (Phi) is 8.84. The third-order valence-corrected chi connectivity index (χ3v) is 5.67. The molecule has 0 amide bonds. The van der Waals surface area contributed by atoms with Gasteiger partial charge in [-0.25, -0.2) is 0 Å². The molecule has 1 saturated carbocycles. The van der Waals surface area contributed by atoms with Gasteiger partial charge in [-0.3, -0.25) is 0 Å². The van der Waals surface area contributed by atoms with Crippen LogP contribution in [0.15, 0.2) is 0 Å². The minimum Gasteiger partial charge on any atom is -0.352 e. The molecule has 0 aromatic rings. The van der Waals surface area contributed by atoms with Crippen molar-refractivity contribution in [3.63, 3.8) is 0 Å². The molecule has 2 heteroatoms. The molecule has 0 spiro atoms. The van der Waals surface area contributed by atoms with Gasteiger partial charge < -0.3 is 9.47 Å². The van der Waals surface area contributed by atoms with Gasteiger partial charge in [-0.1, -0.05) is 58.8 Å². The van der Waals surface area contributed by atoms with Gasteiger partial charge in [-0.2, -0.15) is 0 Å². The molecule has 2 nitrogen and oxygen atoms in total. The molecular formula is C20H38O2. The standard InChI is InChI=1S/C20H38O2/c1-3-5-7-9-17-11-13-18(14-12-17)20-21-16-15-19(22-20)10-8-6-4-2/h17-20H,3-16H2,1-2H3. The van der Waals surface area contributed by atoms with Crippen molar-refractivity contribution in [1.29, 1.82) is 0 Å². The summed E-state index contributed by atoms with van der Waals surface area (Å²) in [7, 11) is 0. The summed E-state index contributed by atoms with van der Waals surface area (Å²) in [6.45, 7) is 5.48. The van der Waals surface area contributed by atoms with Crippen molar-refractivity contribution in [1.82, 2.24) is 0 Å². The van der Waals surface area contributed by atoms with E-state index in [-0.39, 0.29) is 6.29 Å². The van der Waals surface area contributed by atoms with Crippen LogP contribution in [0.1, 0.15) is 97.3 Å². The van der Waals surface area contributed by atoms with Crippen molar-refractivity contribution < 1.29 is 9.47 Å². The van der Waals surface area contributed by atoms with E-state index in [1.54, 1.807) is 0 Å². The van der Waals surface area contributed by atoms with E-state index in [2.05, 4.69) is 13.8 Å². The first-order valence-electron chi connectivity index (χ1n) is 10.1. The molecule has 1 aliphatic heterocycles. The number of hydrogen-bond acceptors (Lipinski definition) is 2. The van der Waals surface area contributed by atoms with Crippen LogP contribution in [0.5, 0.6) is 0 Å². The lowest BCUT2D eigenvalue weighted by molar-refractivity contribution is -0.241. The van der Waals surface area contributed by atoms with Crippen molar-refractivity contribution >= 4 is 0 Å². The first-order valence-corrected chi connectivity index (χ1v) is 10.1. The van der Waals surface area contributed by atoms with E-state index in [0.29, 0.717) is 12.0 Å². The maximum absolute atomic E-state index is 6.28. The lowest BCUT2D eigenvalue weighted by Crippen LogP contribution is -2.38. The van der Waals surface area contributed by atoms with Crippen LogP contribution in [0.4, 0.5) is 0 Å². The fourth-order valence-corrected chi connectivity index (χ4v) is 4.13. The van der Waals surface area contributed by atoms with Crippen LogP contribution in [0.3, 0.4) is 0 Å². The summed E-state index contributed by atoms with van der Waals surface area (Å²) in [4.78, 5) is 0. The van der Waals surface area contributed by atoms with Gasteiger partial charge in [-0.05, 0) is 44.4 Å². The summed E-state index contributed by atoms with van der Waals surface area (Å²) in [6.07, 6.45) is 18.0. The molecule has 0 aromatic heterocycles. The molecule has 1 saturated heterocycles. The minimum atomic E-state index is 0.108. The van der Waals surface area contributed by atoms with Gasteiger partial charge in [0.05, 0.1) is 12.7 Å². The van der Waals surface area contributed by atoms with E-state index in [1.807, 2.05) is 0 Å². The molecule has 2 unspecified atom stereocenters. The van der Waals surface area contributed by atoms with E-state index in [1.165, 1.54) is 77.0 Å². The summed E-state index contributed by atoms with van der Waals surface area (Å²) in [6, 6.07) is 0. The molecule has 0 N–H and O–H groups in total. The van der Waals surface area contributed by atoms with Crippen LogP contribution in [-0.4, -0.2) is 19.0 Å². The monoisotopic (exact) mass is 310 g/mol. The Bertz CT molecular complexity index is 271. The Morgan fingerprint density at radius 3 is 2.14 bits per heavy atom. The Morgan fingerprint density at radius 1 is 0.773 bits per heavy atom. The summed E-state index contributed by atoms with van der Waals surface area (Å²) in [5, 5.41) is 0. The predicted octanol–water partition coefficient (Wildman–Crippen LogP) is 6.09. The van der Waals surface area contributed by atoms with Crippen LogP contribution in [0.2, 0.25) is 0 Å². The molecular weight excluding hydrogens is 272 g/mol. The fourth-order valence-electron chi connectivity index (χ4n) is 4.13. The van der Waals surface area contributed by atoms with Crippen molar-refractivity contribution in [2.45, 2.75) is 110 Å². The Labute approximate surface area is 138 Å². The van der Waals surface area contributed by atoms with Crippen LogP contribution >= 0.6 is 0 Å². The van der Waals surface area contributed by atoms with Crippen molar-refractivity contribution in [2.75, 3.05) is 6.61 Å². The topological polar surface area (TPSA) is 18.5 Å². The molecule has 1 aliphatic carbocycles.